The third-order valence-electron chi connectivity index (χ3n) is 5.73. The summed E-state index contributed by atoms with van der Waals surface area (Å²) in [5.74, 6) is -1.16. The fourth-order valence-corrected chi connectivity index (χ4v) is 5.39. The molecule has 5 rings (SSSR count). The predicted molar refractivity (Wildman–Crippen MR) is 143 cm³/mol. The average Bonchev–Trinajstić information content (AvgIpc) is 3.41. The molecule has 3 aromatic carbocycles. The number of hydrogen-bond donors (Lipinski definition) is 1. The van der Waals surface area contributed by atoms with Crippen molar-refractivity contribution in [2.45, 2.75) is 13.0 Å². The highest BCUT2D eigenvalue weighted by molar-refractivity contribution is 7.22. The Balaban J connectivity index is 1.61. The van der Waals surface area contributed by atoms with Crippen molar-refractivity contribution >= 4 is 56.1 Å². The molecule has 0 spiro atoms. The molecule has 6 nitrogen and oxygen atoms in total. The van der Waals surface area contributed by atoms with Crippen LogP contribution in [0.15, 0.2) is 90.2 Å². The minimum absolute atomic E-state index is 0.0156. The van der Waals surface area contributed by atoms with Gasteiger partial charge in [-0.15, -0.1) is 0 Å². The monoisotopic (exact) mass is 516 g/mol. The zero-order valence-electron chi connectivity index (χ0n) is 19.2. The number of ether oxygens (including phenoxy) is 1. The van der Waals surface area contributed by atoms with Crippen LogP contribution in [0.4, 0.5) is 5.13 Å². The molecule has 180 valence electrons. The Kier molecular flexibility index (Phi) is 6.59. The average molecular weight is 517 g/mol. The van der Waals surface area contributed by atoms with Crippen LogP contribution in [-0.4, -0.2) is 28.4 Å². The zero-order chi connectivity index (χ0) is 25.2. The van der Waals surface area contributed by atoms with Gasteiger partial charge in [0.05, 0.1) is 28.4 Å². The quantitative estimate of drug-likeness (QED) is 0.282. The molecule has 1 aliphatic heterocycles. The Bertz CT molecular complexity index is 1530. The van der Waals surface area contributed by atoms with Crippen LogP contribution in [0, 0.1) is 0 Å². The maximum absolute atomic E-state index is 13.4. The molecule has 1 aromatic heterocycles. The van der Waals surface area contributed by atoms with Gasteiger partial charge in [0, 0.05) is 5.02 Å². The number of aromatic nitrogens is 1. The van der Waals surface area contributed by atoms with E-state index >= 15 is 0 Å². The van der Waals surface area contributed by atoms with E-state index in [0.717, 1.165) is 10.3 Å². The number of ketones is 1. The number of thiazole rings is 1. The summed E-state index contributed by atoms with van der Waals surface area (Å²) in [6, 6.07) is 20.9. The highest BCUT2D eigenvalue weighted by atomic mass is 35.5. The predicted octanol–water partition coefficient (Wildman–Crippen LogP) is 6.53. The molecule has 1 aliphatic rings. The van der Waals surface area contributed by atoms with Gasteiger partial charge in [-0.25, -0.2) is 4.98 Å². The van der Waals surface area contributed by atoms with Gasteiger partial charge < -0.3 is 9.84 Å². The number of carbonyl (C=O) groups excluding carboxylic acids is 2. The third kappa shape index (κ3) is 4.51. The van der Waals surface area contributed by atoms with Gasteiger partial charge in [-0.05, 0) is 54.5 Å². The summed E-state index contributed by atoms with van der Waals surface area (Å²) in [5.41, 5.74) is 2.09. The second kappa shape index (κ2) is 9.97. The number of aliphatic hydroxyl groups is 1. The number of allylic oxidation sites excluding steroid dienone is 1. The Morgan fingerprint density at radius 1 is 1.14 bits per heavy atom. The lowest BCUT2D eigenvalue weighted by atomic mass is 9.95. The second-order valence-electron chi connectivity index (χ2n) is 8.06. The number of fused-ring (bicyclic) bond motifs is 1. The summed E-state index contributed by atoms with van der Waals surface area (Å²) in [6.45, 7) is 2.33. The Labute approximate surface area is 216 Å². The molecule has 0 fully saturated rings. The van der Waals surface area contributed by atoms with Gasteiger partial charge in [0.15, 0.2) is 16.7 Å². The van der Waals surface area contributed by atoms with Crippen LogP contribution in [-0.2, 0) is 9.59 Å². The number of hydrogen-bond acceptors (Lipinski definition) is 6. The summed E-state index contributed by atoms with van der Waals surface area (Å²) in [7, 11) is 0. The van der Waals surface area contributed by atoms with Crippen molar-refractivity contribution in [1.82, 2.24) is 4.98 Å². The highest BCUT2D eigenvalue weighted by Crippen LogP contribution is 2.44. The second-order valence-corrected chi connectivity index (χ2v) is 9.51. The summed E-state index contributed by atoms with van der Waals surface area (Å²) >= 11 is 7.41. The van der Waals surface area contributed by atoms with Crippen molar-refractivity contribution in [3.63, 3.8) is 0 Å². The molecule has 0 saturated carbocycles. The first-order valence-electron chi connectivity index (χ1n) is 11.3. The Morgan fingerprint density at radius 3 is 2.72 bits per heavy atom. The number of benzene rings is 3. The van der Waals surface area contributed by atoms with Crippen molar-refractivity contribution in [2.24, 2.45) is 0 Å². The van der Waals surface area contributed by atoms with Crippen molar-refractivity contribution in [3.05, 3.63) is 106 Å². The molecule has 36 heavy (non-hydrogen) atoms. The lowest BCUT2D eigenvalue weighted by Crippen LogP contribution is -2.30. The number of rotatable bonds is 7. The van der Waals surface area contributed by atoms with E-state index in [4.69, 9.17) is 16.3 Å². The van der Waals surface area contributed by atoms with E-state index in [1.165, 1.54) is 22.3 Å². The van der Waals surface area contributed by atoms with E-state index in [1.807, 2.05) is 37.3 Å². The normalized spacial score (nSPS) is 15.9. The summed E-state index contributed by atoms with van der Waals surface area (Å²) in [5, 5.41) is 11.8. The molecule has 4 aromatic rings. The number of aliphatic hydroxyl groups excluding tert-OH is 1. The molecular weight excluding hydrogens is 496 g/mol. The topological polar surface area (TPSA) is 79.7 Å². The largest absolute Gasteiger partial charge is 0.503 e. The van der Waals surface area contributed by atoms with Crippen LogP contribution in [0.1, 0.15) is 24.1 Å². The van der Waals surface area contributed by atoms with Crippen LogP contribution in [0.25, 0.3) is 16.3 Å². The van der Waals surface area contributed by atoms with Gasteiger partial charge in [0.25, 0.3) is 5.91 Å². The number of carbonyl (C=O) groups is 2. The highest BCUT2D eigenvalue weighted by Gasteiger charge is 2.45. The molecule has 0 radical (unpaired) electrons. The van der Waals surface area contributed by atoms with E-state index < -0.39 is 23.5 Å². The summed E-state index contributed by atoms with van der Waals surface area (Å²) in [6.07, 6.45) is 3.03. The van der Waals surface area contributed by atoms with E-state index in [-0.39, 0.29) is 5.57 Å². The van der Waals surface area contributed by atoms with Crippen molar-refractivity contribution in [3.8, 4) is 5.75 Å². The number of nitrogens with zero attached hydrogens (tertiary/aromatic N) is 2. The number of halogens is 1. The molecule has 1 atom stereocenters. The molecule has 0 bridgehead atoms. The fourth-order valence-electron chi connectivity index (χ4n) is 4.13. The van der Waals surface area contributed by atoms with E-state index in [0.29, 0.717) is 33.6 Å². The van der Waals surface area contributed by atoms with Crippen LogP contribution < -0.4 is 9.64 Å². The van der Waals surface area contributed by atoms with Crippen molar-refractivity contribution < 1.29 is 19.4 Å². The molecular formula is C28H21ClN2O4S. The van der Waals surface area contributed by atoms with E-state index in [9.17, 15) is 14.7 Å². The van der Waals surface area contributed by atoms with Gasteiger partial charge in [-0.1, -0.05) is 71.5 Å². The third-order valence-corrected chi connectivity index (χ3v) is 6.98. The Hall–Kier alpha value is -3.94. The maximum Gasteiger partial charge on any atom is 0.296 e. The lowest BCUT2D eigenvalue weighted by Gasteiger charge is -2.24. The summed E-state index contributed by atoms with van der Waals surface area (Å²) < 4.78 is 6.44. The fraction of sp³-hybridized carbons (Fsp3) is 0.107. The first kappa shape index (κ1) is 23.8. The van der Waals surface area contributed by atoms with E-state index in [1.54, 1.807) is 48.5 Å². The molecule has 0 saturated heterocycles. The van der Waals surface area contributed by atoms with Crippen LogP contribution >= 0.6 is 22.9 Å². The molecule has 1 N–H and O–H groups in total. The number of anilines is 1. The van der Waals surface area contributed by atoms with Crippen molar-refractivity contribution in [1.29, 1.82) is 0 Å². The molecule has 1 unspecified atom stereocenters. The smallest absolute Gasteiger partial charge is 0.296 e. The van der Waals surface area contributed by atoms with Gasteiger partial charge >= 0.3 is 0 Å². The lowest BCUT2D eigenvalue weighted by molar-refractivity contribution is -0.117. The first-order valence-corrected chi connectivity index (χ1v) is 12.5. The van der Waals surface area contributed by atoms with Gasteiger partial charge in [0.2, 0.25) is 0 Å². The van der Waals surface area contributed by atoms with Crippen LogP contribution in [0.2, 0.25) is 5.02 Å². The minimum Gasteiger partial charge on any atom is -0.503 e. The maximum atomic E-state index is 13.4. The summed E-state index contributed by atoms with van der Waals surface area (Å²) in [4.78, 5) is 32.8. The standard InChI is InChI=1S/C28H21ClN2O4S/c1-2-35-20-10-6-9-18(15-20)25-24(22(32)14-11-17-7-4-3-5-8-17)26(33)27(34)31(25)28-30-21-13-12-19(29)16-23(21)36-28/h3-16,25,33H,2H2,1H3. The molecule has 2 heterocycles. The molecule has 0 aliphatic carbocycles. The van der Waals surface area contributed by atoms with E-state index in [2.05, 4.69) is 4.98 Å². The van der Waals surface area contributed by atoms with Crippen molar-refractivity contribution in [2.75, 3.05) is 11.5 Å². The minimum atomic E-state index is -0.887. The van der Waals surface area contributed by atoms with Crippen LogP contribution in [0.3, 0.4) is 0 Å². The molecule has 8 heteroatoms. The first-order chi connectivity index (χ1) is 17.5. The Morgan fingerprint density at radius 2 is 1.94 bits per heavy atom. The SMILES string of the molecule is CCOc1cccc(C2C(C(=O)C=Cc3ccccc3)=C(O)C(=O)N2c2nc3ccc(Cl)cc3s2)c1. The number of amides is 1. The zero-order valence-corrected chi connectivity index (χ0v) is 20.8. The van der Waals surface area contributed by atoms with Gasteiger partial charge in [-0.2, -0.15) is 0 Å². The van der Waals surface area contributed by atoms with Gasteiger partial charge in [-0.3, -0.25) is 14.5 Å². The van der Waals surface area contributed by atoms with Gasteiger partial charge in [0.1, 0.15) is 5.75 Å². The molecule has 1 amide bonds. The van der Waals surface area contributed by atoms with Crippen LogP contribution in [0.5, 0.6) is 5.75 Å².